The van der Waals surface area contributed by atoms with E-state index in [1.54, 1.807) is 6.20 Å². The molecule has 1 unspecified atom stereocenters. The third kappa shape index (κ3) is 3.70. The summed E-state index contributed by atoms with van der Waals surface area (Å²) in [4.78, 5) is 6.60. The second-order valence-electron chi connectivity index (χ2n) is 5.80. The highest BCUT2D eigenvalue weighted by atomic mass is 15.1. The van der Waals surface area contributed by atoms with Gasteiger partial charge in [0.05, 0.1) is 0 Å². The number of nitrogen functional groups attached to an aromatic ring is 1. The van der Waals surface area contributed by atoms with Gasteiger partial charge in [0.25, 0.3) is 0 Å². The van der Waals surface area contributed by atoms with Crippen LogP contribution in [0.15, 0.2) is 18.3 Å². The molecule has 100 valence electrons. The van der Waals surface area contributed by atoms with Gasteiger partial charge in [-0.05, 0) is 61.9 Å². The third-order valence-corrected chi connectivity index (χ3v) is 4.06. The van der Waals surface area contributed by atoms with Crippen molar-refractivity contribution in [2.45, 2.75) is 39.7 Å². The fraction of sp³-hybridized carbons (Fsp3) is 0.667. The Morgan fingerprint density at radius 3 is 2.94 bits per heavy atom. The van der Waals surface area contributed by atoms with Crippen molar-refractivity contribution in [1.29, 1.82) is 0 Å². The SMILES string of the molecule is CC(C)C1CCCN(Cc2ccnc(N)c2)CC1. The van der Waals surface area contributed by atoms with Crippen molar-refractivity contribution in [2.24, 2.45) is 11.8 Å². The lowest BCUT2D eigenvalue weighted by molar-refractivity contribution is 0.265. The van der Waals surface area contributed by atoms with Crippen LogP contribution < -0.4 is 5.73 Å². The zero-order chi connectivity index (χ0) is 13.0. The van der Waals surface area contributed by atoms with E-state index in [2.05, 4.69) is 29.8 Å². The summed E-state index contributed by atoms with van der Waals surface area (Å²) in [6, 6.07) is 4.06. The van der Waals surface area contributed by atoms with Gasteiger partial charge in [0, 0.05) is 12.7 Å². The zero-order valence-corrected chi connectivity index (χ0v) is 11.6. The summed E-state index contributed by atoms with van der Waals surface area (Å²) < 4.78 is 0. The fourth-order valence-electron chi connectivity index (χ4n) is 2.86. The van der Waals surface area contributed by atoms with Gasteiger partial charge in [0.2, 0.25) is 0 Å². The molecule has 0 amide bonds. The van der Waals surface area contributed by atoms with Gasteiger partial charge in [-0.3, -0.25) is 4.90 Å². The quantitative estimate of drug-likeness (QED) is 0.893. The van der Waals surface area contributed by atoms with E-state index >= 15 is 0 Å². The highest BCUT2D eigenvalue weighted by Crippen LogP contribution is 2.25. The number of nitrogens with zero attached hydrogens (tertiary/aromatic N) is 2. The number of aromatic nitrogens is 1. The second-order valence-corrected chi connectivity index (χ2v) is 5.80. The van der Waals surface area contributed by atoms with Crippen molar-refractivity contribution >= 4 is 5.82 Å². The van der Waals surface area contributed by atoms with Gasteiger partial charge in [-0.1, -0.05) is 13.8 Å². The average molecular weight is 247 g/mol. The fourth-order valence-corrected chi connectivity index (χ4v) is 2.86. The van der Waals surface area contributed by atoms with E-state index in [1.165, 1.54) is 37.9 Å². The molecule has 1 aliphatic rings. The van der Waals surface area contributed by atoms with Gasteiger partial charge in [0.15, 0.2) is 0 Å². The Hall–Kier alpha value is -1.09. The topological polar surface area (TPSA) is 42.2 Å². The Kier molecular flexibility index (Phi) is 4.59. The van der Waals surface area contributed by atoms with Crippen LogP contribution in [0.1, 0.15) is 38.7 Å². The van der Waals surface area contributed by atoms with E-state index in [1.807, 2.05) is 6.07 Å². The predicted molar refractivity (Wildman–Crippen MR) is 76.1 cm³/mol. The standard InChI is InChI=1S/C15H25N3/c1-12(2)14-4-3-8-18(9-6-14)11-13-5-7-17-15(16)10-13/h5,7,10,12,14H,3-4,6,8-9,11H2,1-2H3,(H2,16,17). The highest BCUT2D eigenvalue weighted by molar-refractivity contribution is 5.31. The number of anilines is 1. The van der Waals surface area contributed by atoms with Crippen molar-refractivity contribution in [3.8, 4) is 0 Å². The van der Waals surface area contributed by atoms with E-state index in [4.69, 9.17) is 5.73 Å². The molecule has 2 rings (SSSR count). The number of rotatable bonds is 3. The Bertz CT molecular complexity index is 376. The molecular formula is C15H25N3. The van der Waals surface area contributed by atoms with Crippen LogP contribution in [0.5, 0.6) is 0 Å². The minimum Gasteiger partial charge on any atom is -0.384 e. The minimum atomic E-state index is 0.627. The summed E-state index contributed by atoms with van der Waals surface area (Å²) in [6.07, 6.45) is 5.84. The van der Waals surface area contributed by atoms with Crippen molar-refractivity contribution in [3.63, 3.8) is 0 Å². The first-order valence-corrected chi connectivity index (χ1v) is 7.08. The van der Waals surface area contributed by atoms with Crippen LogP contribution in [0.3, 0.4) is 0 Å². The Morgan fingerprint density at radius 1 is 1.39 bits per heavy atom. The molecule has 0 bridgehead atoms. The molecule has 1 aromatic rings. The molecule has 0 aliphatic carbocycles. The minimum absolute atomic E-state index is 0.627. The third-order valence-electron chi connectivity index (χ3n) is 4.06. The van der Waals surface area contributed by atoms with Gasteiger partial charge in [0.1, 0.15) is 5.82 Å². The van der Waals surface area contributed by atoms with Crippen molar-refractivity contribution in [3.05, 3.63) is 23.9 Å². The first-order chi connectivity index (χ1) is 8.65. The smallest absolute Gasteiger partial charge is 0.123 e. The Balaban J connectivity index is 1.91. The Labute approximate surface area is 110 Å². The lowest BCUT2D eigenvalue weighted by atomic mass is 9.89. The van der Waals surface area contributed by atoms with Crippen LogP contribution >= 0.6 is 0 Å². The van der Waals surface area contributed by atoms with Crippen LogP contribution in [0.2, 0.25) is 0 Å². The summed E-state index contributed by atoms with van der Waals surface area (Å²) in [5.41, 5.74) is 7.01. The van der Waals surface area contributed by atoms with E-state index in [-0.39, 0.29) is 0 Å². The number of pyridine rings is 1. The summed E-state index contributed by atoms with van der Waals surface area (Å²) in [6.45, 7) is 8.14. The summed E-state index contributed by atoms with van der Waals surface area (Å²) >= 11 is 0. The van der Waals surface area contributed by atoms with E-state index < -0.39 is 0 Å². The molecule has 1 aliphatic heterocycles. The molecule has 0 spiro atoms. The maximum Gasteiger partial charge on any atom is 0.123 e. The molecule has 1 fully saturated rings. The van der Waals surface area contributed by atoms with Gasteiger partial charge < -0.3 is 5.73 Å². The lowest BCUT2D eigenvalue weighted by Crippen LogP contribution is -2.24. The summed E-state index contributed by atoms with van der Waals surface area (Å²) in [7, 11) is 0. The molecule has 18 heavy (non-hydrogen) atoms. The maximum atomic E-state index is 5.73. The molecule has 0 radical (unpaired) electrons. The van der Waals surface area contributed by atoms with Crippen LogP contribution in [0, 0.1) is 11.8 Å². The molecule has 2 N–H and O–H groups in total. The number of hydrogen-bond acceptors (Lipinski definition) is 3. The largest absolute Gasteiger partial charge is 0.384 e. The average Bonchev–Trinajstić information content (AvgIpc) is 2.55. The highest BCUT2D eigenvalue weighted by Gasteiger charge is 2.19. The molecule has 0 saturated carbocycles. The zero-order valence-electron chi connectivity index (χ0n) is 11.6. The van der Waals surface area contributed by atoms with Crippen LogP contribution in [-0.4, -0.2) is 23.0 Å². The summed E-state index contributed by atoms with van der Waals surface area (Å²) in [5, 5.41) is 0. The van der Waals surface area contributed by atoms with E-state index in [9.17, 15) is 0 Å². The first kappa shape index (κ1) is 13.3. The van der Waals surface area contributed by atoms with Crippen LogP contribution in [0.25, 0.3) is 0 Å². The van der Waals surface area contributed by atoms with Crippen LogP contribution in [0.4, 0.5) is 5.82 Å². The Morgan fingerprint density at radius 2 is 2.22 bits per heavy atom. The van der Waals surface area contributed by atoms with Crippen LogP contribution in [-0.2, 0) is 6.54 Å². The molecule has 2 heterocycles. The second kappa shape index (κ2) is 6.19. The van der Waals surface area contributed by atoms with Crippen molar-refractivity contribution in [2.75, 3.05) is 18.8 Å². The predicted octanol–water partition coefficient (Wildman–Crippen LogP) is 2.92. The summed E-state index contributed by atoms with van der Waals surface area (Å²) in [5.74, 6) is 2.35. The molecule has 0 aromatic carbocycles. The lowest BCUT2D eigenvalue weighted by Gasteiger charge is -2.21. The molecule has 1 saturated heterocycles. The maximum absolute atomic E-state index is 5.73. The van der Waals surface area contributed by atoms with Gasteiger partial charge in [-0.25, -0.2) is 4.98 Å². The van der Waals surface area contributed by atoms with Gasteiger partial charge in [-0.15, -0.1) is 0 Å². The molecule has 3 heteroatoms. The van der Waals surface area contributed by atoms with E-state index in [0.717, 1.165) is 18.4 Å². The molecule has 3 nitrogen and oxygen atoms in total. The molecule has 1 aromatic heterocycles. The molecular weight excluding hydrogens is 222 g/mol. The normalized spacial score (nSPS) is 22.1. The van der Waals surface area contributed by atoms with Gasteiger partial charge >= 0.3 is 0 Å². The monoisotopic (exact) mass is 247 g/mol. The van der Waals surface area contributed by atoms with Crippen molar-refractivity contribution < 1.29 is 0 Å². The van der Waals surface area contributed by atoms with Gasteiger partial charge in [-0.2, -0.15) is 0 Å². The molecule has 1 atom stereocenters. The van der Waals surface area contributed by atoms with Crippen molar-refractivity contribution in [1.82, 2.24) is 9.88 Å². The van der Waals surface area contributed by atoms with E-state index in [0.29, 0.717) is 5.82 Å². The first-order valence-electron chi connectivity index (χ1n) is 7.08. The number of likely N-dealkylation sites (tertiary alicyclic amines) is 1. The number of hydrogen-bond donors (Lipinski definition) is 1. The number of nitrogens with two attached hydrogens (primary N) is 1.